The van der Waals surface area contributed by atoms with E-state index in [0.717, 1.165) is 27.2 Å². The third kappa shape index (κ3) is 2.43. The number of benzene rings is 1. The van der Waals surface area contributed by atoms with Crippen molar-refractivity contribution in [2.75, 3.05) is 0 Å². The highest BCUT2D eigenvalue weighted by atomic mass is 35.5. The van der Waals surface area contributed by atoms with E-state index >= 15 is 0 Å². The van der Waals surface area contributed by atoms with Gasteiger partial charge < -0.3 is 9.55 Å². The molecule has 3 rings (SSSR count). The number of halogens is 1. The Morgan fingerprint density at radius 3 is 2.85 bits per heavy atom. The fourth-order valence-corrected chi connectivity index (χ4v) is 4.19. The Bertz CT molecular complexity index is 813. The molecule has 1 N–H and O–H groups in total. The average molecular weight is 323 g/mol. The lowest BCUT2D eigenvalue weighted by atomic mass is 10.2. The first-order valence-corrected chi connectivity index (χ1v) is 8.10. The molecule has 2 heterocycles. The molecule has 0 fully saturated rings. The van der Waals surface area contributed by atoms with Crippen molar-refractivity contribution in [2.45, 2.75) is 26.3 Å². The van der Waals surface area contributed by atoms with Gasteiger partial charge in [0, 0.05) is 22.2 Å². The Balaban J connectivity index is 2.05. The molecule has 2 nitrogen and oxygen atoms in total. The van der Waals surface area contributed by atoms with Gasteiger partial charge in [-0.1, -0.05) is 17.7 Å². The minimum absolute atomic E-state index is 0.272. The van der Waals surface area contributed by atoms with Gasteiger partial charge in [-0.05, 0) is 50.3 Å². The van der Waals surface area contributed by atoms with Crippen molar-refractivity contribution in [2.24, 2.45) is 0 Å². The molecule has 0 aliphatic rings. The number of rotatable bonds is 3. The van der Waals surface area contributed by atoms with Crippen LogP contribution in [0.1, 0.15) is 22.7 Å². The van der Waals surface area contributed by atoms with Gasteiger partial charge >= 0.3 is 0 Å². The van der Waals surface area contributed by atoms with E-state index in [1.54, 1.807) is 0 Å². The Morgan fingerprint density at radius 2 is 2.15 bits per heavy atom. The summed E-state index contributed by atoms with van der Waals surface area (Å²) in [5, 5.41) is 0.740. The van der Waals surface area contributed by atoms with Crippen molar-refractivity contribution in [3.8, 4) is 0 Å². The number of hydrogen-bond donors (Lipinski definition) is 1. The fraction of sp³-hybridized carbons (Fsp3) is 0.267. The van der Waals surface area contributed by atoms with Gasteiger partial charge in [-0.25, -0.2) is 0 Å². The van der Waals surface area contributed by atoms with Gasteiger partial charge in [0.25, 0.3) is 0 Å². The van der Waals surface area contributed by atoms with Crippen molar-refractivity contribution in [1.29, 1.82) is 0 Å². The van der Waals surface area contributed by atoms with Crippen LogP contribution in [0.3, 0.4) is 0 Å². The summed E-state index contributed by atoms with van der Waals surface area (Å²) in [5.74, 6) is 0. The van der Waals surface area contributed by atoms with Crippen molar-refractivity contribution in [1.82, 2.24) is 9.55 Å². The predicted molar refractivity (Wildman–Crippen MR) is 89.6 cm³/mol. The average Bonchev–Trinajstić information content (AvgIpc) is 2.93. The Labute approximate surface area is 132 Å². The van der Waals surface area contributed by atoms with E-state index in [1.807, 2.05) is 29.5 Å². The number of nitrogens with one attached hydrogen (secondary N) is 1. The molecular weight excluding hydrogens is 308 g/mol. The van der Waals surface area contributed by atoms with E-state index in [1.165, 1.54) is 9.75 Å². The Kier molecular flexibility index (Phi) is 3.71. The maximum absolute atomic E-state index is 6.34. The van der Waals surface area contributed by atoms with Gasteiger partial charge in [-0.3, -0.25) is 0 Å². The zero-order chi connectivity index (χ0) is 14.3. The first-order chi connectivity index (χ1) is 9.56. The fourth-order valence-electron chi connectivity index (χ4n) is 2.54. The normalized spacial score (nSPS) is 12.9. The lowest BCUT2D eigenvalue weighted by Gasteiger charge is -2.14. The number of aromatic amines is 1. The second-order valence-corrected chi connectivity index (χ2v) is 7.17. The predicted octanol–water partition coefficient (Wildman–Crippen LogP) is 5.53. The van der Waals surface area contributed by atoms with Crippen molar-refractivity contribution >= 4 is 46.2 Å². The number of H-pyrrole nitrogens is 1. The molecule has 0 aliphatic heterocycles. The smallest absolute Gasteiger partial charge is 0.178 e. The molecule has 2 aromatic heterocycles. The molecule has 5 heteroatoms. The molecule has 104 valence electrons. The molecule has 0 saturated carbocycles. The molecule has 0 amide bonds. The summed E-state index contributed by atoms with van der Waals surface area (Å²) in [6.07, 6.45) is 0.963. The zero-order valence-corrected chi connectivity index (χ0v) is 13.7. The molecule has 20 heavy (non-hydrogen) atoms. The first-order valence-electron chi connectivity index (χ1n) is 6.50. The number of aryl methyl sites for hydroxylation is 1. The number of hydrogen-bond acceptors (Lipinski definition) is 2. The largest absolute Gasteiger partial charge is 0.331 e. The summed E-state index contributed by atoms with van der Waals surface area (Å²) < 4.78 is 2.86. The van der Waals surface area contributed by atoms with E-state index in [2.05, 4.69) is 35.5 Å². The number of thiophene rings is 1. The van der Waals surface area contributed by atoms with Crippen LogP contribution < -0.4 is 0 Å². The number of nitrogens with zero attached hydrogens (tertiary/aromatic N) is 1. The van der Waals surface area contributed by atoms with Crippen LogP contribution in [0.15, 0.2) is 30.3 Å². The maximum Gasteiger partial charge on any atom is 0.178 e. The summed E-state index contributed by atoms with van der Waals surface area (Å²) in [7, 11) is 0. The van der Waals surface area contributed by atoms with Crippen molar-refractivity contribution in [3.63, 3.8) is 0 Å². The van der Waals surface area contributed by atoms with Gasteiger partial charge in [-0.2, -0.15) is 0 Å². The van der Waals surface area contributed by atoms with Gasteiger partial charge in [0.1, 0.15) is 0 Å². The topological polar surface area (TPSA) is 20.7 Å². The minimum Gasteiger partial charge on any atom is -0.331 e. The van der Waals surface area contributed by atoms with E-state index < -0.39 is 0 Å². The number of imidazole rings is 1. The van der Waals surface area contributed by atoms with E-state index in [4.69, 9.17) is 23.8 Å². The first kappa shape index (κ1) is 13.9. The number of para-hydroxylation sites is 1. The SMILES string of the molecule is Cc1ccc(CC(C)n2c(=S)[nH]c3cccc(Cl)c32)s1. The Hall–Kier alpha value is -1.10. The van der Waals surface area contributed by atoms with Crippen LogP contribution in [-0.4, -0.2) is 9.55 Å². The molecule has 1 atom stereocenters. The van der Waals surface area contributed by atoms with E-state index in [0.29, 0.717) is 0 Å². The highest BCUT2D eigenvalue weighted by molar-refractivity contribution is 7.71. The lowest BCUT2D eigenvalue weighted by molar-refractivity contribution is 0.557. The number of aromatic nitrogens is 2. The van der Waals surface area contributed by atoms with Crippen molar-refractivity contribution in [3.05, 3.63) is 49.9 Å². The molecule has 3 aromatic rings. The summed E-state index contributed by atoms with van der Waals surface area (Å²) >= 11 is 13.6. The standard InChI is InChI=1S/C15H15ClN2S2/c1-9(8-11-7-6-10(2)20-11)18-14-12(16)4-3-5-13(14)17-15(18)19/h3-7,9H,8H2,1-2H3,(H,17,19). The van der Waals surface area contributed by atoms with Crippen molar-refractivity contribution < 1.29 is 0 Å². The van der Waals surface area contributed by atoms with Crippen LogP contribution in [-0.2, 0) is 6.42 Å². The van der Waals surface area contributed by atoms with Gasteiger partial charge in [0.2, 0.25) is 0 Å². The molecule has 0 saturated heterocycles. The quantitative estimate of drug-likeness (QED) is 0.629. The molecule has 0 aliphatic carbocycles. The third-order valence-electron chi connectivity index (χ3n) is 3.42. The van der Waals surface area contributed by atoms with Gasteiger partial charge in [-0.15, -0.1) is 11.3 Å². The van der Waals surface area contributed by atoms with Crippen LogP contribution in [0, 0.1) is 11.7 Å². The molecule has 1 aromatic carbocycles. The summed E-state index contributed by atoms with van der Waals surface area (Å²) in [6.45, 7) is 4.31. The zero-order valence-electron chi connectivity index (χ0n) is 11.3. The summed E-state index contributed by atoms with van der Waals surface area (Å²) in [4.78, 5) is 5.95. The Morgan fingerprint density at radius 1 is 1.35 bits per heavy atom. The second-order valence-electron chi connectivity index (χ2n) is 5.00. The van der Waals surface area contributed by atoms with E-state index in [9.17, 15) is 0 Å². The second kappa shape index (κ2) is 5.35. The molecule has 0 bridgehead atoms. The van der Waals surface area contributed by atoms with Crippen LogP contribution in [0.25, 0.3) is 11.0 Å². The maximum atomic E-state index is 6.34. The van der Waals surface area contributed by atoms with Crippen LogP contribution >= 0.6 is 35.2 Å². The number of fused-ring (bicyclic) bond motifs is 1. The molecule has 0 radical (unpaired) electrons. The minimum atomic E-state index is 0.272. The molecule has 0 spiro atoms. The van der Waals surface area contributed by atoms with Gasteiger partial charge in [0.05, 0.1) is 16.1 Å². The highest BCUT2D eigenvalue weighted by Gasteiger charge is 2.14. The van der Waals surface area contributed by atoms with Crippen LogP contribution in [0.4, 0.5) is 0 Å². The monoisotopic (exact) mass is 322 g/mol. The summed E-state index contributed by atoms with van der Waals surface area (Å²) in [6, 6.07) is 10.5. The van der Waals surface area contributed by atoms with Gasteiger partial charge in [0.15, 0.2) is 4.77 Å². The van der Waals surface area contributed by atoms with Crippen LogP contribution in [0.2, 0.25) is 5.02 Å². The molecular formula is C15H15ClN2S2. The van der Waals surface area contributed by atoms with Crippen LogP contribution in [0.5, 0.6) is 0 Å². The highest BCUT2D eigenvalue weighted by Crippen LogP contribution is 2.29. The molecule has 1 unspecified atom stereocenters. The van der Waals surface area contributed by atoms with E-state index in [-0.39, 0.29) is 6.04 Å². The lowest BCUT2D eigenvalue weighted by Crippen LogP contribution is -2.07. The summed E-state index contributed by atoms with van der Waals surface area (Å²) in [5.41, 5.74) is 2.00. The third-order valence-corrected chi connectivity index (χ3v) is 5.05.